The molecule has 0 bridgehead atoms. The Morgan fingerprint density at radius 1 is 0.902 bits per heavy atom. The van der Waals surface area contributed by atoms with Crippen molar-refractivity contribution in [3.8, 4) is 11.6 Å². The lowest BCUT2D eigenvalue weighted by molar-refractivity contribution is -0.274. The smallest absolute Gasteiger partial charge is 0.406 e. The van der Waals surface area contributed by atoms with E-state index in [1.54, 1.807) is 24.3 Å². The number of rotatable bonds is 10. The number of carbonyl (C=O) groups is 2. The van der Waals surface area contributed by atoms with Crippen molar-refractivity contribution in [3.05, 3.63) is 123 Å². The molecule has 0 spiro atoms. The molecule has 0 unspecified atom stereocenters. The zero-order valence-corrected chi connectivity index (χ0v) is 27.0. The van der Waals surface area contributed by atoms with Gasteiger partial charge in [0.05, 0.1) is 15.7 Å². The molecule has 0 radical (unpaired) electrons. The molecule has 0 fully saturated rings. The van der Waals surface area contributed by atoms with Crippen molar-refractivity contribution >= 4 is 45.7 Å². The van der Waals surface area contributed by atoms with Gasteiger partial charge in [0.1, 0.15) is 18.0 Å². The number of nitrogens with zero attached hydrogens (tertiary/aromatic N) is 7. The molecule has 0 aliphatic heterocycles. The quantitative estimate of drug-likeness (QED) is 0.117. The number of halogens is 8. The Bertz CT molecular complexity index is 2270. The molecule has 3 aromatic heterocycles. The highest BCUT2D eigenvalue weighted by atomic mass is 35.5. The van der Waals surface area contributed by atoms with Crippen molar-refractivity contribution in [2.45, 2.75) is 32.0 Å². The fourth-order valence-electron chi connectivity index (χ4n) is 5.07. The number of alkyl halides is 6. The van der Waals surface area contributed by atoms with E-state index in [0.29, 0.717) is 21.1 Å². The predicted molar refractivity (Wildman–Crippen MR) is 170 cm³/mol. The largest absolute Gasteiger partial charge is 0.573 e. The second-order valence-corrected chi connectivity index (χ2v) is 11.6. The predicted octanol–water partition coefficient (Wildman–Crippen LogP) is 7.03. The summed E-state index contributed by atoms with van der Waals surface area (Å²) in [6, 6.07) is 17.7. The number of benzene rings is 3. The zero-order valence-electron chi connectivity index (χ0n) is 25.5. The summed E-state index contributed by atoms with van der Waals surface area (Å²) >= 11 is 13.2. The molecule has 6 aromatic rings. The summed E-state index contributed by atoms with van der Waals surface area (Å²) < 4.78 is 82.4. The van der Waals surface area contributed by atoms with Crippen LogP contribution >= 0.6 is 23.2 Å². The van der Waals surface area contributed by atoms with E-state index < -0.39 is 48.8 Å². The van der Waals surface area contributed by atoms with Crippen LogP contribution in [0.4, 0.5) is 26.3 Å². The Morgan fingerprint density at radius 2 is 1.69 bits per heavy atom. The van der Waals surface area contributed by atoms with Crippen LogP contribution in [0, 0.1) is 0 Å². The van der Waals surface area contributed by atoms with E-state index in [1.165, 1.54) is 42.6 Å². The van der Waals surface area contributed by atoms with Crippen molar-refractivity contribution in [2.24, 2.45) is 0 Å². The van der Waals surface area contributed by atoms with Crippen molar-refractivity contribution in [3.63, 3.8) is 0 Å². The molecule has 0 saturated carbocycles. The van der Waals surface area contributed by atoms with Gasteiger partial charge in [-0.15, -0.1) is 23.4 Å². The lowest BCUT2D eigenvalue weighted by atomic mass is 9.95. The van der Waals surface area contributed by atoms with E-state index >= 15 is 0 Å². The van der Waals surface area contributed by atoms with Crippen LogP contribution in [0.3, 0.4) is 0 Å². The molecule has 262 valence electrons. The number of aromatic nitrogens is 7. The van der Waals surface area contributed by atoms with Gasteiger partial charge in [-0.2, -0.15) is 23.1 Å². The SMILES string of the molecule is O=C(NCc1cccc(OC(F)(F)F)c1)c1cc2ccccc2c(Cl)c1CC(=O)c1cc(Cn2nnc(C(F)(F)F)n2)nn1-c1ncccc1Cl. The maximum atomic E-state index is 14.1. The molecule has 0 atom stereocenters. The number of pyridine rings is 1. The maximum Gasteiger partial charge on any atom is 0.573 e. The highest BCUT2D eigenvalue weighted by Gasteiger charge is 2.37. The average molecular weight is 749 g/mol. The topological polar surface area (TPSA) is 130 Å². The Morgan fingerprint density at radius 3 is 2.41 bits per heavy atom. The normalized spacial score (nSPS) is 11.9. The Kier molecular flexibility index (Phi) is 9.68. The third-order valence-corrected chi connectivity index (χ3v) is 7.98. The van der Waals surface area contributed by atoms with Gasteiger partial charge in [-0.25, -0.2) is 9.67 Å². The summed E-state index contributed by atoms with van der Waals surface area (Å²) in [6.07, 6.45) is -8.84. The summed E-state index contributed by atoms with van der Waals surface area (Å²) in [5.41, 5.74) is 0.344. The summed E-state index contributed by atoms with van der Waals surface area (Å²) in [5.74, 6) is -3.24. The number of nitrogens with one attached hydrogen (secondary N) is 1. The molecule has 1 N–H and O–H groups in total. The van der Waals surface area contributed by atoms with Gasteiger partial charge in [-0.1, -0.05) is 59.6 Å². The number of amides is 1. The van der Waals surface area contributed by atoms with Crippen LogP contribution in [0.5, 0.6) is 5.75 Å². The van der Waals surface area contributed by atoms with Crippen molar-refractivity contribution in [1.82, 2.24) is 40.3 Å². The van der Waals surface area contributed by atoms with Crippen molar-refractivity contribution < 1.29 is 40.7 Å². The van der Waals surface area contributed by atoms with Crippen LogP contribution in [0.25, 0.3) is 16.6 Å². The standard InChI is InChI=1S/C32H20Cl2F6N8O3/c33-24-9-4-10-41-28(24)48-25(13-19(44-48)16-47-45-30(43-46-47)31(35,36)37)26(49)14-22-23(12-18-6-1-2-8-21(18)27(22)34)29(50)42-15-17-5-3-7-20(11-17)51-32(38,39)40/h1-13H,14-16H2,(H,42,50). The summed E-state index contributed by atoms with van der Waals surface area (Å²) in [6.45, 7) is -0.618. The number of Topliss-reactive ketones (excluding diaryl/α,β-unsaturated/α-hetero) is 1. The van der Waals surface area contributed by atoms with Crippen molar-refractivity contribution in [2.75, 3.05) is 0 Å². The fraction of sp³-hybridized carbons (Fsp3) is 0.156. The first-order valence-electron chi connectivity index (χ1n) is 14.6. The highest BCUT2D eigenvalue weighted by molar-refractivity contribution is 6.37. The number of ether oxygens (including phenoxy) is 1. The number of hydrogen-bond donors (Lipinski definition) is 1. The van der Waals surface area contributed by atoms with Gasteiger partial charge < -0.3 is 10.1 Å². The molecule has 3 aromatic carbocycles. The molecule has 6 rings (SSSR count). The second-order valence-electron chi connectivity index (χ2n) is 10.8. The number of tetrazole rings is 1. The average Bonchev–Trinajstić information content (AvgIpc) is 3.72. The third-order valence-electron chi connectivity index (χ3n) is 7.25. The van der Waals surface area contributed by atoms with E-state index in [9.17, 15) is 35.9 Å². The van der Waals surface area contributed by atoms with Crippen LogP contribution in [-0.4, -0.2) is 53.0 Å². The molecule has 1 amide bonds. The van der Waals surface area contributed by atoms with Gasteiger partial charge in [0, 0.05) is 30.1 Å². The van der Waals surface area contributed by atoms with E-state index in [2.05, 4.69) is 35.5 Å². The third kappa shape index (κ3) is 8.10. The van der Waals surface area contributed by atoms with Gasteiger partial charge in [-0.05, 0) is 58.1 Å². The van der Waals surface area contributed by atoms with Gasteiger partial charge in [-0.3, -0.25) is 9.59 Å². The van der Waals surface area contributed by atoms with Crippen LogP contribution < -0.4 is 10.1 Å². The lowest BCUT2D eigenvalue weighted by Crippen LogP contribution is -2.25. The Balaban J connectivity index is 1.34. The monoisotopic (exact) mass is 748 g/mol. The van der Waals surface area contributed by atoms with E-state index in [1.807, 2.05) is 0 Å². The maximum absolute atomic E-state index is 14.1. The van der Waals surface area contributed by atoms with E-state index in [-0.39, 0.29) is 44.9 Å². The molecule has 0 aliphatic carbocycles. The molecule has 3 heterocycles. The highest BCUT2D eigenvalue weighted by Crippen LogP contribution is 2.33. The molecular weight excluding hydrogens is 729 g/mol. The fourth-order valence-corrected chi connectivity index (χ4v) is 5.61. The summed E-state index contributed by atoms with van der Waals surface area (Å²) in [7, 11) is 0. The second kappa shape index (κ2) is 14.0. The van der Waals surface area contributed by atoms with Gasteiger partial charge in [0.25, 0.3) is 11.7 Å². The number of carbonyl (C=O) groups excluding carboxylic acids is 2. The van der Waals surface area contributed by atoms with Crippen LogP contribution in [0.2, 0.25) is 10.0 Å². The Labute approximate surface area is 292 Å². The molecule has 0 aliphatic rings. The van der Waals surface area contributed by atoms with Crippen LogP contribution in [-0.2, 0) is 25.7 Å². The van der Waals surface area contributed by atoms with Crippen LogP contribution in [0.15, 0.2) is 79.0 Å². The summed E-state index contributed by atoms with van der Waals surface area (Å²) in [4.78, 5) is 32.6. The van der Waals surface area contributed by atoms with E-state index in [4.69, 9.17) is 23.2 Å². The minimum absolute atomic E-state index is 0.00315. The van der Waals surface area contributed by atoms with Gasteiger partial charge in [0.2, 0.25) is 0 Å². The molecule has 51 heavy (non-hydrogen) atoms. The first kappa shape index (κ1) is 35.3. The first-order chi connectivity index (χ1) is 24.2. The molecule has 19 heteroatoms. The zero-order chi connectivity index (χ0) is 36.5. The Hall–Kier alpha value is -5.55. The van der Waals surface area contributed by atoms with Crippen molar-refractivity contribution in [1.29, 1.82) is 0 Å². The number of fused-ring (bicyclic) bond motifs is 1. The minimum Gasteiger partial charge on any atom is -0.406 e. The van der Waals surface area contributed by atoms with E-state index in [0.717, 1.165) is 16.8 Å². The molecular formula is C32H20Cl2F6N8O3. The summed E-state index contributed by atoms with van der Waals surface area (Å²) in [5, 5.41) is 18.0. The number of hydrogen-bond acceptors (Lipinski definition) is 8. The van der Waals surface area contributed by atoms with Gasteiger partial charge in [0.15, 0.2) is 11.6 Å². The lowest BCUT2D eigenvalue weighted by Gasteiger charge is -2.15. The minimum atomic E-state index is -4.91. The molecule has 11 nitrogen and oxygen atoms in total. The molecule has 0 saturated heterocycles. The van der Waals surface area contributed by atoms with Gasteiger partial charge >= 0.3 is 12.5 Å². The number of ketones is 1. The first-order valence-corrected chi connectivity index (χ1v) is 15.3. The van der Waals surface area contributed by atoms with Crippen LogP contribution in [0.1, 0.15) is 43.5 Å².